The third kappa shape index (κ3) is 3.26. The van der Waals surface area contributed by atoms with Gasteiger partial charge in [0.25, 0.3) is 0 Å². The van der Waals surface area contributed by atoms with Gasteiger partial charge in [-0.2, -0.15) is 5.10 Å². The lowest BCUT2D eigenvalue weighted by Crippen LogP contribution is -2.40. The monoisotopic (exact) mass is 304 g/mol. The highest BCUT2D eigenvalue weighted by molar-refractivity contribution is 7.10. The Hall–Kier alpha value is -1.82. The number of thiophene rings is 1. The van der Waals surface area contributed by atoms with E-state index in [1.165, 1.54) is 4.88 Å². The molecule has 1 aliphatic rings. The van der Waals surface area contributed by atoms with Crippen LogP contribution in [0.4, 0.5) is 4.79 Å². The van der Waals surface area contributed by atoms with Crippen molar-refractivity contribution in [3.05, 3.63) is 40.3 Å². The average Bonchev–Trinajstić information content (AvgIpc) is 3.19. The standard InChI is InChI=1S/C15H20N4OS/c1-18-11-12(10-17-18)6-7-16-15(20)19-8-2-4-13(19)14-5-3-9-21-14/h3,5,9-11,13H,2,4,6-8H2,1H3,(H,16,20)/t13-/m1/s1. The van der Waals surface area contributed by atoms with Crippen molar-refractivity contribution >= 4 is 17.4 Å². The maximum absolute atomic E-state index is 12.3. The van der Waals surface area contributed by atoms with Crippen LogP contribution in [0, 0.1) is 0 Å². The van der Waals surface area contributed by atoms with Crippen LogP contribution < -0.4 is 5.32 Å². The maximum atomic E-state index is 12.3. The van der Waals surface area contributed by atoms with Gasteiger partial charge in [-0.3, -0.25) is 4.68 Å². The van der Waals surface area contributed by atoms with E-state index in [0.29, 0.717) is 6.54 Å². The minimum absolute atomic E-state index is 0.0507. The van der Waals surface area contributed by atoms with Crippen LogP contribution in [-0.2, 0) is 13.5 Å². The summed E-state index contributed by atoms with van der Waals surface area (Å²) in [6, 6.07) is 4.48. The molecule has 21 heavy (non-hydrogen) atoms. The predicted octanol–water partition coefficient (Wildman–Crippen LogP) is 2.57. The zero-order chi connectivity index (χ0) is 14.7. The van der Waals surface area contributed by atoms with Crippen molar-refractivity contribution in [1.82, 2.24) is 20.0 Å². The van der Waals surface area contributed by atoms with Crippen LogP contribution in [0.15, 0.2) is 29.9 Å². The molecule has 1 atom stereocenters. The lowest BCUT2D eigenvalue weighted by Gasteiger charge is -2.24. The first-order chi connectivity index (χ1) is 10.2. The van der Waals surface area contributed by atoms with Crippen molar-refractivity contribution in [3.8, 4) is 0 Å². The summed E-state index contributed by atoms with van der Waals surface area (Å²) in [6.45, 7) is 1.50. The fourth-order valence-electron chi connectivity index (χ4n) is 2.80. The Morgan fingerprint density at radius 1 is 1.57 bits per heavy atom. The van der Waals surface area contributed by atoms with Crippen LogP contribution in [-0.4, -0.2) is 33.8 Å². The van der Waals surface area contributed by atoms with Crippen LogP contribution in [0.3, 0.4) is 0 Å². The van der Waals surface area contributed by atoms with E-state index in [-0.39, 0.29) is 12.1 Å². The van der Waals surface area contributed by atoms with Gasteiger partial charge in [0, 0.05) is 31.2 Å². The van der Waals surface area contributed by atoms with E-state index in [1.807, 2.05) is 24.3 Å². The highest BCUT2D eigenvalue weighted by atomic mass is 32.1. The Kier molecular flexibility index (Phi) is 4.24. The third-order valence-corrected chi connectivity index (χ3v) is 4.81. The molecule has 1 aliphatic heterocycles. The molecule has 0 saturated carbocycles. The van der Waals surface area contributed by atoms with Gasteiger partial charge in [-0.25, -0.2) is 4.79 Å². The first kappa shape index (κ1) is 14.1. The van der Waals surface area contributed by atoms with Crippen molar-refractivity contribution in [2.24, 2.45) is 7.05 Å². The molecule has 0 aromatic carbocycles. The molecule has 2 aromatic heterocycles. The summed E-state index contributed by atoms with van der Waals surface area (Å²) in [6.07, 6.45) is 6.79. The Bertz CT molecular complexity index is 593. The number of carbonyl (C=O) groups is 1. The van der Waals surface area contributed by atoms with Crippen molar-refractivity contribution in [2.45, 2.75) is 25.3 Å². The average molecular weight is 304 g/mol. The number of likely N-dealkylation sites (tertiary alicyclic amines) is 1. The number of rotatable bonds is 4. The molecule has 0 radical (unpaired) electrons. The summed E-state index contributed by atoms with van der Waals surface area (Å²) in [5.74, 6) is 0. The summed E-state index contributed by atoms with van der Waals surface area (Å²) in [5.41, 5.74) is 1.15. The topological polar surface area (TPSA) is 50.2 Å². The molecule has 5 nitrogen and oxygen atoms in total. The van der Waals surface area contributed by atoms with Crippen LogP contribution >= 0.6 is 11.3 Å². The van der Waals surface area contributed by atoms with E-state index in [4.69, 9.17) is 0 Å². The number of hydrogen-bond acceptors (Lipinski definition) is 3. The van der Waals surface area contributed by atoms with E-state index >= 15 is 0 Å². The number of aromatic nitrogens is 2. The third-order valence-electron chi connectivity index (χ3n) is 3.83. The second-order valence-electron chi connectivity index (χ2n) is 5.37. The lowest BCUT2D eigenvalue weighted by molar-refractivity contribution is 0.194. The van der Waals surface area contributed by atoms with Gasteiger partial charge >= 0.3 is 6.03 Å². The summed E-state index contributed by atoms with van der Waals surface area (Å²) in [5, 5.41) is 9.24. The normalized spacial score (nSPS) is 18.1. The molecule has 0 aliphatic carbocycles. The number of urea groups is 1. The molecular weight excluding hydrogens is 284 g/mol. The van der Waals surface area contributed by atoms with E-state index in [2.05, 4.69) is 27.9 Å². The molecule has 0 spiro atoms. The lowest BCUT2D eigenvalue weighted by atomic mass is 10.2. The SMILES string of the molecule is Cn1cc(CCNC(=O)N2CCC[C@@H]2c2cccs2)cn1. The molecule has 1 saturated heterocycles. The molecule has 1 fully saturated rings. The first-order valence-corrected chi connectivity index (χ1v) is 8.17. The van der Waals surface area contributed by atoms with Gasteiger partial charge in [0.15, 0.2) is 0 Å². The summed E-state index contributed by atoms with van der Waals surface area (Å²) in [7, 11) is 1.90. The zero-order valence-electron chi connectivity index (χ0n) is 12.2. The Labute approximate surface area is 128 Å². The highest BCUT2D eigenvalue weighted by Crippen LogP contribution is 2.34. The van der Waals surface area contributed by atoms with Gasteiger partial charge < -0.3 is 10.2 Å². The minimum Gasteiger partial charge on any atom is -0.338 e. The predicted molar refractivity (Wildman–Crippen MR) is 83.3 cm³/mol. The Morgan fingerprint density at radius 3 is 3.19 bits per heavy atom. The summed E-state index contributed by atoms with van der Waals surface area (Å²) >= 11 is 1.73. The maximum Gasteiger partial charge on any atom is 0.317 e. The van der Waals surface area contributed by atoms with Crippen molar-refractivity contribution in [3.63, 3.8) is 0 Å². The number of nitrogens with one attached hydrogen (secondary N) is 1. The molecule has 2 amide bonds. The summed E-state index contributed by atoms with van der Waals surface area (Å²) < 4.78 is 1.78. The fourth-order valence-corrected chi connectivity index (χ4v) is 3.68. The number of aryl methyl sites for hydroxylation is 1. The zero-order valence-corrected chi connectivity index (χ0v) is 13.0. The smallest absolute Gasteiger partial charge is 0.317 e. The first-order valence-electron chi connectivity index (χ1n) is 7.29. The van der Waals surface area contributed by atoms with Gasteiger partial charge in [-0.05, 0) is 36.3 Å². The number of hydrogen-bond donors (Lipinski definition) is 1. The Morgan fingerprint density at radius 2 is 2.48 bits per heavy atom. The van der Waals surface area contributed by atoms with Crippen molar-refractivity contribution < 1.29 is 4.79 Å². The van der Waals surface area contributed by atoms with E-state index in [9.17, 15) is 4.79 Å². The van der Waals surface area contributed by atoms with Crippen LogP contribution in [0.1, 0.15) is 29.3 Å². The highest BCUT2D eigenvalue weighted by Gasteiger charge is 2.30. The molecule has 3 heterocycles. The second-order valence-corrected chi connectivity index (χ2v) is 6.35. The van der Waals surface area contributed by atoms with E-state index < -0.39 is 0 Å². The van der Waals surface area contributed by atoms with Crippen LogP contribution in [0.2, 0.25) is 0 Å². The van der Waals surface area contributed by atoms with Crippen LogP contribution in [0.5, 0.6) is 0 Å². The molecule has 1 N–H and O–H groups in total. The van der Waals surface area contributed by atoms with E-state index in [0.717, 1.165) is 31.4 Å². The van der Waals surface area contributed by atoms with Gasteiger partial charge in [0.05, 0.1) is 12.2 Å². The fraction of sp³-hybridized carbons (Fsp3) is 0.467. The van der Waals surface area contributed by atoms with Gasteiger partial charge in [-0.15, -0.1) is 11.3 Å². The largest absolute Gasteiger partial charge is 0.338 e. The number of amides is 2. The van der Waals surface area contributed by atoms with Gasteiger partial charge in [0.1, 0.15) is 0 Å². The van der Waals surface area contributed by atoms with Crippen molar-refractivity contribution in [1.29, 1.82) is 0 Å². The molecule has 0 bridgehead atoms. The van der Waals surface area contributed by atoms with Gasteiger partial charge in [-0.1, -0.05) is 6.07 Å². The van der Waals surface area contributed by atoms with E-state index in [1.54, 1.807) is 16.0 Å². The van der Waals surface area contributed by atoms with Crippen molar-refractivity contribution in [2.75, 3.05) is 13.1 Å². The number of nitrogens with zero attached hydrogens (tertiary/aromatic N) is 3. The summed E-state index contributed by atoms with van der Waals surface area (Å²) in [4.78, 5) is 15.6. The molecule has 6 heteroatoms. The second kappa shape index (κ2) is 6.30. The quantitative estimate of drug-likeness (QED) is 0.944. The van der Waals surface area contributed by atoms with Crippen LogP contribution in [0.25, 0.3) is 0 Å². The number of carbonyl (C=O) groups excluding carboxylic acids is 1. The molecule has 2 aromatic rings. The Balaban J connectivity index is 1.52. The molecule has 112 valence electrons. The molecular formula is C15H20N4OS. The minimum atomic E-state index is 0.0507. The molecule has 0 unspecified atom stereocenters. The van der Waals surface area contributed by atoms with Gasteiger partial charge in [0.2, 0.25) is 0 Å². The molecule has 3 rings (SSSR count).